The first-order valence-electron chi connectivity index (χ1n) is 8.47. The zero-order chi connectivity index (χ0) is 19.8. The number of benzene rings is 2. The van der Waals surface area contributed by atoms with E-state index in [-0.39, 0.29) is 40.0 Å². The molecule has 28 heavy (non-hydrogen) atoms. The number of carbonyl (C=O) groups is 1. The first kappa shape index (κ1) is 19.2. The lowest BCUT2D eigenvalue weighted by Gasteiger charge is -2.21. The second-order valence-corrected chi connectivity index (χ2v) is 7.61. The molecule has 1 amide bonds. The van der Waals surface area contributed by atoms with Crippen LogP contribution in [-0.2, 0) is 6.54 Å². The Morgan fingerprint density at radius 1 is 1.11 bits per heavy atom. The van der Waals surface area contributed by atoms with Gasteiger partial charge in [0.25, 0.3) is 5.91 Å². The number of hydrogen-bond acceptors (Lipinski definition) is 4. The molecule has 1 aliphatic rings. The zero-order valence-corrected chi connectivity index (χ0v) is 16.6. The van der Waals surface area contributed by atoms with E-state index in [1.54, 1.807) is 23.1 Å². The van der Waals surface area contributed by atoms with Crippen molar-refractivity contribution in [2.45, 2.75) is 25.4 Å². The summed E-state index contributed by atoms with van der Waals surface area (Å²) >= 11 is 18.0. The third kappa shape index (κ3) is 3.85. The Hall–Kier alpha value is -2.15. The normalized spacial score (nSPS) is 13.6. The van der Waals surface area contributed by atoms with Crippen molar-refractivity contribution >= 4 is 40.7 Å². The Kier molecular flexibility index (Phi) is 5.27. The first-order chi connectivity index (χ1) is 13.4. The van der Waals surface area contributed by atoms with Gasteiger partial charge in [0.1, 0.15) is 5.82 Å². The molecule has 0 atom stereocenters. The van der Waals surface area contributed by atoms with Gasteiger partial charge in [-0.25, -0.2) is 4.39 Å². The molecular weight excluding hydrogens is 428 g/mol. The number of nitrogens with zero attached hydrogens (tertiary/aromatic N) is 3. The van der Waals surface area contributed by atoms with Crippen LogP contribution in [0.3, 0.4) is 0 Å². The average Bonchev–Trinajstić information content (AvgIpc) is 3.41. The molecule has 2 aromatic carbocycles. The van der Waals surface area contributed by atoms with E-state index in [1.807, 2.05) is 6.07 Å². The van der Waals surface area contributed by atoms with Crippen molar-refractivity contribution in [3.8, 4) is 11.5 Å². The monoisotopic (exact) mass is 439 g/mol. The smallest absolute Gasteiger partial charge is 0.256 e. The highest BCUT2D eigenvalue weighted by Crippen LogP contribution is 2.33. The minimum Gasteiger partial charge on any atom is -0.419 e. The van der Waals surface area contributed by atoms with Gasteiger partial charge in [-0.3, -0.25) is 4.79 Å². The second kappa shape index (κ2) is 7.70. The number of halogens is 4. The van der Waals surface area contributed by atoms with Crippen molar-refractivity contribution in [3.05, 3.63) is 68.7 Å². The Labute approximate surface area is 175 Å². The summed E-state index contributed by atoms with van der Waals surface area (Å²) in [7, 11) is 0. The Balaban J connectivity index is 1.60. The van der Waals surface area contributed by atoms with Crippen molar-refractivity contribution in [3.63, 3.8) is 0 Å². The molecule has 144 valence electrons. The molecule has 1 aromatic heterocycles. The summed E-state index contributed by atoms with van der Waals surface area (Å²) in [5.74, 6) is -0.607. The lowest BCUT2D eigenvalue weighted by Crippen LogP contribution is -2.33. The molecule has 1 fully saturated rings. The number of carbonyl (C=O) groups excluding carboxylic acids is 1. The van der Waals surface area contributed by atoms with E-state index in [9.17, 15) is 9.18 Å². The third-order valence-electron chi connectivity index (χ3n) is 4.37. The van der Waals surface area contributed by atoms with Crippen molar-refractivity contribution in [1.29, 1.82) is 0 Å². The fourth-order valence-corrected chi connectivity index (χ4v) is 3.48. The fraction of sp³-hybridized carbons (Fsp3) is 0.211. The maximum Gasteiger partial charge on any atom is 0.256 e. The molecule has 1 aliphatic carbocycles. The van der Waals surface area contributed by atoms with Crippen LogP contribution in [0.25, 0.3) is 11.5 Å². The van der Waals surface area contributed by atoms with Gasteiger partial charge in [0.15, 0.2) is 0 Å². The van der Waals surface area contributed by atoms with Gasteiger partial charge in [0, 0.05) is 6.04 Å². The van der Waals surface area contributed by atoms with E-state index < -0.39 is 11.7 Å². The van der Waals surface area contributed by atoms with Crippen LogP contribution in [0.5, 0.6) is 0 Å². The van der Waals surface area contributed by atoms with Gasteiger partial charge < -0.3 is 9.32 Å². The van der Waals surface area contributed by atoms with Gasteiger partial charge in [-0.1, -0.05) is 46.9 Å². The summed E-state index contributed by atoms with van der Waals surface area (Å²) in [5.41, 5.74) is 0.649. The molecule has 1 heterocycles. The summed E-state index contributed by atoms with van der Waals surface area (Å²) < 4.78 is 19.5. The van der Waals surface area contributed by atoms with Gasteiger partial charge >= 0.3 is 0 Å². The van der Waals surface area contributed by atoms with Crippen LogP contribution in [-0.4, -0.2) is 27.0 Å². The van der Waals surface area contributed by atoms with Crippen molar-refractivity contribution < 1.29 is 13.6 Å². The topological polar surface area (TPSA) is 59.2 Å². The van der Waals surface area contributed by atoms with E-state index >= 15 is 0 Å². The van der Waals surface area contributed by atoms with Crippen LogP contribution in [0, 0.1) is 5.82 Å². The van der Waals surface area contributed by atoms with Crippen LogP contribution in [0.15, 0.2) is 40.8 Å². The molecule has 0 saturated heterocycles. The average molecular weight is 441 g/mol. The van der Waals surface area contributed by atoms with Crippen LogP contribution >= 0.6 is 34.8 Å². The fourth-order valence-electron chi connectivity index (χ4n) is 2.80. The predicted molar refractivity (Wildman–Crippen MR) is 104 cm³/mol. The highest BCUT2D eigenvalue weighted by molar-refractivity contribution is 6.36. The molecule has 0 N–H and O–H groups in total. The third-order valence-corrected chi connectivity index (χ3v) is 5.30. The number of hydrogen-bond donors (Lipinski definition) is 0. The highest BCUT2D eigenvalue weighted by atomic mass is 35.5. The number of amides is 1. The number of aromatic nitrogens is 2. The highest BCUT2D eigenvalue weighted by Gasteiger charge is 2.35. The first-order valence-corrected chi connectivity index (χ1v) is 9.60. The molecule has 3 aromatic rings. The quantitative estimate of drug-likeness (QED) is 0.482. The minimum absolute atomic E-state index is 0.0120. The lowest BCUT2D eigenvalue weighted by atomic mass is 10.2. The maximum absolute atomic E-state index is 13.8. The molecule has 0 radical (unpaired) electrons. The summed E-state index contributed by atoms with van der Waals surface area (Å²) in [5, 5.41) is 8.46. The Bertz CT molecular complexity index is 1050. The van der Waals surface area contributed by atoms with E-state index in [0.29, 0.717) is 10.6 Å². The summed E-state index contributed by atoms with van der Waals surface area (Å²) in [6.07, 6.45) is 1.68. The van der Waals surface area contributed by atoms with E-state index in [4.69, 9.17) is 39.2 Å². The molecular formula is C19H13Cl3FN3O2. The van der Waals surface area contributed by atoms with Crippen LogP contribution in [0.1, 0.15) is 29.1 Å². The molecule has 0 bridgehead atoms. The van der Waals surface area contributed by atoms with E-state index in [2.05, 4.69) is 10.2 Å². The van der Waals surface area contributed by atoms with Gasteiger partial charge in [0.2, 0.25) is 11.8 Å². The maximum atomic E-state index is 13.8. The molecule has 4 rings (SSSR count). The largest absolute Gasteiger partial charge is 0.419 e. The zero-order valence-electron chi connectivity index (χ0n) is 14.3. The van der Waals surface area contributed by atoms with E-state index in [1.165, 1.54) is 6.07 Å². The van der Waals surface area contributed by atoms with E-state index in [0.717, 1.165) is 18.9 Å². The summed E-state index contributed by atoms with van der Waals surface area (Å²) in [6.45, 7) is 0.0848. The van der Waals surface area contributed by atoms with Crippen LogP contribution < -0.4 is 0 Å². The molecule has 1 saturated carbocycles. The Morgan fingerprint density at radius 3 is 2.57 bits per heavy atom. The van der Waals surface area contributed by atoms with Crippen LogP contribution in [0.4, 0.5) is 4.39 Å². The summed E-state index contributed by atoms with van der Waals surface area (Å²) in [6, 6.07) is 9.37. The van der Waals surface area contributed by atoms with Crippen molar-refractivity contribution in [2.24, 2.45) is 0 Å². The molecule has 0 unspecified atom stereocenters. The standard InChI is InChI=1S/C19H13Cl3FN3O2/c20-13-4-2-1-3-11(13)18-25-24-17(28-18)9-26(10-5-6-10)19(27)12-7-16(23)15(22)8-14(12)21/h1-4,7-8,10H,5-6,9H2. The molecule has 5 nitrogen and oxygen atoms in total. The van der Waals surface area contributed by atoms with Crippen molar-refractivity contribution in [1.82, 2.24) is 15.1 Å². The van der Waals surface area contributed by atoms with Gasteiger partial charge in [-0.2, -0.15) is 0 Å². The minimum atomic E-state index is -0.705. The van der Waals surface area contributed by atoms with Gasteiger partial charge in [-0.15, -0.1) is 10.2 Å². The van der Waals surface area contributed by atoms with Crippen molar-refractivity contribution in [2.75, 3.05) is 0 Å². The Morgan fingerprint density at radius 2 is 1.86 bits per heavy atom. The SMILES string of the molecule is O=C(c1cc(F)c(Cl)cc1Cl)N(Cc1nnc(-c2ccccc2Cl)o1)C1CC1. The van der Waals surface area contributed by atoms with Crippen LogP contribution in [0.2, 0.25) is 15.1 Å². The molecule has 0 spiro atoms. The lowest BCUT2D eigenvalue weighted by molar-refractivity contribution is 0.0714. The van der Waals surface area contributed by atoms with Gasteiger partial charge in [0.05, 0.1) is 32.7 Å². The number of rotatable bonds is 5. The summed E-state index contributed by atoms with van der Waals surface area (Å²) in [4.78, 5) is 14.5. The second-order valence-electron chi connectivity index (χ2n) is 6.39. The predicted octanol–water partition coefficient (Wildman–Crippen LogP) is 5.64. The molecule has 0 aliphatic heterocycles. The molecule has 9 heteroatoms. The van der Waals surface area contributed by atoms with Gasteiger partial charge in [-0.05, 0) is 37.1 Å².